The fraction of sp³-hybridized carbons (Fsp3) is 0.125. The molecule has 0 unspecified atom stereocenters. The van der Waals surface area contributed by atoms with Crippen molar-refractivity contribution in [2.24, 2.45) is 5.73 Å². The van der Waals surface area contributed by atoms with Crippen molar-refractivity contribution < 1.29 is 9.90 Å². The molecule has 0 spiro atoms. The lowest BCUT2D eigenvalue weighted by Crippen LogP contribution is -2.10. The number of hydrogen-bond acceptors (Lipinski definition) is 3. The highest BCUT2D eigenvalue weighted by Crippen LogP contribution is 2.31. The Hall–Kier alpha value is -2.04. The molecule has 0 atom stereocenters. The maximum absolute atomic E-state index is 10.6. The van der Waals surface area contributed by atoms with E-state index >= 15 is 0 Å². The number of hydrogen-bond donors (Lipinski definition) is 3. The highest BCUT2D eigenvalue weighted by Gasteiger charge is 2.08. The van der Waals surface area contributed by atoms with Crippen LogP contribution in [-0.2, 0) is 0 Å². The number of halogens is 2. The maximum atomic E-state index is 10.6. The van der Waals surface area contributed by atoms with Crippen LogP contribution in [0, 0.1) is 12.3 Å². The van der Waals surface area contributed by atoms with Gasteiger partial charge in [-0.1, -0.05) is 40.9 Å². The van der Waals surface area contributed by atoms with Crippen LogP contribution in [0.15, 0.2) is 36.4 Å². The molecular formula is C16H16Cl2N2O2. The second-order valence-electron chi connectivity index (χ2n) is 4.64. The Morgan fingerprint density at radius 2 is 1.86 bits per heavy atom. The predicted molar refractivity (Wildman–Crippen MR) is 90.3 cm³/mol. The van der Waals surface area contributed by atoms with Gasteiger partial charge in [0.1, 0.15) is 5.75 Å². The quantitative estimate of drug-likeness (QED) is 0.717. The van der Waals surface area contributed by atoms with Crippen LogP contribution in [0.2, 0.25) is 10.0 Å². The minimum Gasteiger partial charge on any atom is -0.506 e. The Kier molecular flexibility index (Phi) is 6.40. The average molecular weight is 339 g/mol. The standard InChI is InChI=1S/C8H7Cl2NO.C8H9NO/c1-4(11)6-2-5(9)3-7(10)8(6)12;1-6-3-2-4-7(5-6)8(9)10/h2-3,11-12H,1H3;2-5H,1H3,(H2,9,10). The van der Waals surface area contributed by atoms with Gasteiger partial charge in [-0.05, 0) is 38.1 Å². The van der Waals surface area contributed by atoms with E-state index in [1.165, 1.54) is 12.1 Å². The Morgan fingerprint density at radius 1 is 1.23 bits per heavy atom. The number of benzene rings is 2. The highest BCUT2D eigenvalue weighted by atomic mass is 35.5. The first kappa shape index (κ1) is 18.0. The van der Waals surface area contributed by atoms with Crippen molar-refractivity contribution in [1.82, 2.24) is 0 Å². The van der Waals surface area contributed by atoms with Crippen molar-refractivity contribution in [3.8, 4) is 5.75 Å². The molecule has 0 saturated carbocycles. The van der Waals surface area contributed by atoms with Gasteiger partial charge >= 0.3 is 0 Å². The number of nitrogens with two attached hydrogens (primary N) is 1. The van der Waals surface area contributed by atoms with Crippen molar-refractivity contribution in [3.05, 3.63) is 63.1 Å². The topological polar surface area (TPSA) is 87.2 Å². The third-order valence-electron chi connectivity index (χ3n) is 2.73. The summed E-state index contributed by atoms with van der Waals surface area (Å²) >= 11 is 11.3. The average Bonchev–Trinajstić information content (AvgIpc) is 2.43. The van der Waals surface area contributed by atoms with Crippen LogP contribution in [0.1, 0.15) is 28.4 Å². The molecule has 0 radical (unpaired) electrons. The first-order valence-electron chi connectivity index (χ1n) is 6.32. The van der Waals surface area contributed by atoms with Crippen LogP contribution in [0.25, 0.3) is 0 Å². The molecule has 0 saturated heterocycles. The first-order valence-corrected chi connectivity index (χ1v) is 7.08. The van der Waals surface area contributed by atoms with E-state index in [4.69, 9.17) is 34.3 Å². The summed E-state index contributed by atoms with van der Waals surface area (Å²) in [5.74, 6) is -0.461. The van der Waals surface area contributed by atoms with Gasteiger partial charge < -0.3 is 16.2 Å². The summed E-state index contributed by atoms with van der Waals surface area (Å²) < 4.78 is 0. The van der Waals surface area contributed by atoms with E-state index in [1.807, 2.05) is 19.1 Å². The monoisotopic (exact) mass is 338 g/mol. The molecule has 0 fully saturated rings. The van der Waals surface area contributed by atoms with Crippen LogP contribution in [0.4, 0.5) is 0 Å². The zero-order chi connectivity index (χ0) is 16.9. The summed E-state index contributed by atoms with van der Waals surface area (Å²) in [6.45, 7) is 3.48. The van der Waals surface area contributed by atoms with Gasteiger partial charge in [0.05, 0.1) is 5.02 Å². The molecule has 0 aliphatic rings. The molecule has 2 aromatic carbocycles. The zero-order valence-electron chi connectivity index (χ0n) is 12.2. The van der Waals surface area contributed by atoms with Gasteiger partial charge in [0.15, 0.2) is 0 Å². The van der Waals surface area contributed by atoms with Gasteiger partial charge in [-0.3, -0.25) is 4.79 Å². The number of rotatable bonds is 2. The van der Waals surface area contributed by atoms with E-state index in [0.29, 0.717) is 16.1 Å². The third kappa shape index (κ3) is 5.06. The Bertz CT molecular complexity index is 715. The van der Waals surface area contributed by atoms with Gasteiger partial charge in [0.2, 0.25) is 5.91 Å². The number of aryl methyl sites for hydroxylation is 1. The summed E-state index contributed by atoms with van der Waals surface area (Å²) in [6.07, 6.45) is 0. The third-order valence-corrected chi connectivity index (χ3v) is 3.24. The van der Waals surface area contributed by atoms with Gasteiger partial charge in [-0.2, -0.15) is 0 Å². The number of nitrogens with one attached hydrogen (secondary N) is 1. The molecular weight excluding hydrogens is 323 g/mol. The van der Waals surface area contributed by atoms with Gasteiger partial charge in [0, 0.05) is 21.9 Å². The van der Waals surface area contributed by atoms with E-state index in [2.05, 4.69) is 0 Å². The van der Waals surface area contributed by atoms with Crippen LogP contribution < -0.4 is 5.73 Å². The minimum atomic E-state index is -0.372. The fourth-order valence-corrected chi connectivity index (χ4v) is 2.14. The maximum Gasteiger partial charge on any atom is 0.248 e. The van der Waals surface area contributed by atoms with Crippen LogP contribution in [0.3, 0.4) is 0 Å². The van der Waals surface area contributed by atoms with Gasteiger partial charge in [-0.15, -0.1) is 0 Å². The predicted octanol–water partition coefficient (Wildman–Crippen LogP) is 4.18. The summed E-state index contributed by atoms with van der Waals surface area (Å²) in [6, 6.07) is 10.1. The summed E-state index contributed by atoms with van der Waals surface area (Å²) in [5, 5.41) is 17.2. The van der Waals surface area contributed by atoms with Crippen molar-refractivity contribution in [2.75, 3.05) is 0 Å². The molecule has 0 aliphatic heterocycles. The molecule has 6 heteroatoms. The highest BCUT2D eigenvalue weighted by molar-refractivity contribution is 6.36. The molecule has 0 aromatic heterocycles. The number of amides is 1. The van der Waals surface area contributed by atoms with Crippen molar-refractivity contribution in [1.29, 1.82) is 5.41 Å². The number of carbonyl (C=O) groups excluding carboxylic acids is 1. The van der Waals surface area contributed by atoms with Crippen molar-refractivity contribution in [3.63, 3.8) is 0 Å². The molecule has 4 N–H and O–H groups in total. The van der Waals surface area contributed by atoms with E-state index < -0.39 is 0 Å². The lowest BCUT2D eigenvalue weighted by Gasteiger charge is -2.04. The van der Waals surface area contributed by atoms with E-state index in [0.717, 1.165) is 5.56 Å². The molecule has 4 nitrogen and oxygen atoms in total. The van der Waals surface area contributed by atoms with Crippen LogP contribution >= 0.6 is 23.2 Å². The van der Waals surface area contributed by atoms with Crippen LogP contribution in [0.5, 0.6) is 5.75 Å². The molecule has 0 aliphatic carbocycles. The minimum absolute atomic E-state index is 0.0893. The lowest BCUT2D eigenvalue weighted by atomic mass is 10.1. The number of phenolic OH excluding ortho intramolecular Hbond substituents is 1. The smallest absolute Gasteiger partial charge is 0.248 e. The van der Waals surface area contributed by atoms with E-state index in [-0.39, 0.29) is 22.4 Å². The fourth-order valence-electron chi connectivity index (χ4n) is 1.65. The first-order chi connectivity index (χ1) is 10.2. The largest absolute Gasteiger partial charge is 0.506 e. The lowest BCUT2D eigenvalue weighted by molar-refractivity contribution is 0.1000. The molecule has 22 heavy (non-hydrogen) atoms. The van der Waals surface area contributed by atoms with E-state index in [9.17, 15) is 9.90 Å². The molecule has 2 rings (SSSR count). The Balaban J connectivity index is 0.000000224. The van der Waals surface area contributed by atoms with Crippen molar-refractivity contribution >= 4 is 34.8 Å². The zero-order valence-corrected chi connectivity index (χ0v) is 13.7. The SMILES string of the molecule is CC(=N)c1cc(Cl)cc(Cl)c1O.Cc1cccc(C(N)=O)c1. The molecule has 0 bridgehead atoms. The molecule has 1 amide bonds. The summed E-state index contributed by atoms with van der Waals surface area (Å²) in [7, 11) is 0. The number of phenols is 1. The number of primary amides is 1. The molecule has 116 valence electrons. The van der Waals surface area contributed by atoms with Gasteiger partial charge in [-0.25, -0.2) is 0 Å². The summed E-state index contributed by atoms with van der Waals surface area (Å²) in [4.78, 5) is 10.6. The second kappa shape index (κ2) is 7.82. The van der Waals surface area contributed by atoms with Crippen molar-refractivity contribution in [2.45, 2.75) is 13.8 Å². The van der Waals surface area contributed by atoms with E-state index in [1.54, 1.807) is 19.1 Å². The summed E-state index contributed by atoms with van der Waals surface area (Å²) in [5.41, 5.74) is 7.27. The van der Waals surface area contributed by atoms with Crippen LogP contribution in [-0.4, -0.2) is 16.7 Å². The Labute approximate surface area is 139 Å². The normalized spacial score (nSPS) is 9.64. The number of carbonyl (C=O) groups is 1. The Morgan fingerprint density at radius 3 is 2.32 bits per heavy atom. The molecule has 0 heterocycles. The molecule has 2 aromatic rings. The van der Waals surface area contributed by atoms with Gasteiger partial charge in [0.25, 0.3) is 0 Å². The number of aromatic hydroxyl groups is 1. The second-order valence-corrected chi connectivity index (χ2v) is 5.49.